The fourth-order valence-electron chi connectivity index (χ4n) is 4.03. The maximum Gasteiger partial charge on any atom is 0.354 e. The van der Waals surface area contributed by atoms with E-state index in [4.69, 9.17) is 9.47 Å². The summed E-state index contributed by atoms with van der Waals surface area (Å²) in [4.78, 5) is 21.1. The van der Waals surface area contributed by atoms with Crippen molar-refractivity contribution < 1.29 is 14.3 Å². The fraction of sp³-hybridized carbons (Fsp3) is 0.111. The van der Waals surface area contributed by atoms with E-state index in [-0.39, 0.29) is 12.6 Å². The summed E-state index contributed by atoms with van der Waals surface area (Å²) in [6.45, 7) is 2.42. The number of rotatable bonds is 6. The van der Waals surface area contributed by atoms with Crippen molar-refractivity contribution in [3.05, 3.63) is 95.9 Å². The molecule has 0 unspecified atom stereocenters. The summed E-state index contributed by atoms with van der Waals surface area (Å²) in [5, 5.41) is 12.3. The number of nitriles is 1. The highest BCUT2D eigenvalue weighted by atomic mass is 16.5. The van der Waals surface area contributed by atoms with Crippen LogP contribution < -0.4 is 4.74 Å². The van der Waals surface area contributed by atoms with E-state index in [2.05, 4.69) is 16.0 Å². The molecule has 7 nitrogen and oxygen atoms in total. The Labute approximate surface area is 195 Å². The zero-order valence-electron chi connectivity index (χ0n) is 18.4. The molecule has 7 heteroatoms. The van der Waals surface area contributed by atoms with Gasteiger partial charge in [-0.1, -0.05) is 30.3 Å². The van der Waals surface area contributed by atoms with E-state index in [0.29, 0.717) is 23.6 Å². The molecule has 3 aromatic carbocycles. The Balaban J connectivity index is 1.66. The number of ether oxygens (including phenoxy) is 2. The van der Waals surface area contributed by atoms with Gasteiger partial charge in [0.1, 0.15) is 11.4 Å². The molecule has 0 saturated heterocycles. The van der Waals surface area contributed by atoms with Crippen molar-refractivity contribution in [3.8, 4) is 17.8 Å². The number of hydrogen-bond donors (Lipinski definition) is 0. The van der Waals surface area contributed by atoms with Gasteiger partial charge >= 0.3 is 12.0 Å². The van der Waals surface area contributed by atoms with Gasteiger partial charge in [-0.05, 0) is 59.7 Å². The Kier molecular flexibility index (Phi) is 5.63. The topological polar surface area (TPSA) is 90.0 Å². The minimum Gasteiger partial charge on any atom is -0.461 e. The number of fused-ring (bicyclic) bond motifs is 2. The van der Waals surface area contributed by atoms with Crippen LogP contribution in [0.25, 0.3) is 21.7 Å². The van der Waals surface area contributed by atoms with Crippen LogP contribution in [-0.4, -0.2) is 27.1 Å². The van der Waals surface area contributed by atoms with Gasteiger partial charge in [-0.15, -0.1) is 0 Å². The summed E-state index contributed by atoms with van der Waals surface area (Å²) in [6, 6.07) is 23.2. The first kappa shape index (κ1) is 21.2. The molecule has 34 heavy (non-hydrogen) atoms. The molecule has 0 fully saturated rings. The second-order valence-corrected chi connectivity index (χ2v) is 7.66. The van der Waals surface area contributed by atoms with E-state index in [0.717, 1.165) is 27.2 Å². The Bertz CT molecular complexity index is 1550. The average molecular weight is 448 g/mol. The Morgan fingerprint density at radius 3 is 2.62 bits per heavy atom. The van der Waals surface area contributed by atoms with Crippen LogP contribution in [0.2, 0.25) is 0 Å². The molecular formula is C27H20N4O3. The number of carbonyl (C=O) groups excluding carboxylic acids is 1. The lowest BCUT2D eigenvalue weighted by atomic mass is 10.0. The number of esters is 1. The molecule has 0 bridgehead atoms. The van der Waals surface area contributed by atoms with Gasteiger partial charge in [-0.3, -0.25) is 0 Å². The minimum absolute atomic E-state index is 0.251. The second-order valence-electron chi connectivity index (χ2n) is 7.66. The molecular weight excluding hydrogens is 428 g/mol. The number of nitrogens with zero attached hydrogens (tertiary/aromatic N) is 4. The van der Waals surface area contributed by atoms with Crippen LogP contribution in [0, 0.1) is 11.3 Å². The minimum atomic E-state index is -0.411. The van der Waals surface area contributed by atoms with Gasteiger partial charge in [0.2, 0.25) is 0 Å². The summed E-state index contributed by atoms with van der Waals surface area (Å²) < 4.78 is 13.1. The van der Waals surface area contributed by atoms with Gasteiger partial charge < -0.3 is 14.0 Å². The van der Waals surface area contributed by atoms with Crippen molar-refractivity contribution in [1.82, 2.24) is 14.5 Å². The maximum atomic E-state index is 12.8. The van der Waals surface area contributed by atoms with Crippen LogP contribution in [0.1, 0.15) is 28.5 Å². The molecule has 166 valence electrons. The SMILES string of the molecule is CCOC(=O)c1cc2ccc(C#N)cc2n1Cc1cc(Oc2ncccn2)cc2ccccc12. The van der Waals surface area contributed by atoms with Gasteiger partial charge in [0, 0.05) is 24.3 Å². The highest BCUT2D eigenvalue weighted by molar-refractivity contribution is 5.96. The lowest BCUT2D eigenvalue weighted by molar-refractivity contribution is 0.0515. The van der Waals surface area contributed by atoms with E-state index in [1.54, 1.807) is 43.6 Å². The summed E-state index contributed by atoms with van der Waals surface area (Å²) in [7, 11) is 0. The van der Waals surface area contributed by atoms with E-state index in [9.17, 15) is 10.1 Å². The third-order valence-corrected chi connectivity index (χ3v) is 5.52. The van der Waals surface area contributed by atoms with E-state index >= 15 is 0 Å². The van der Waals surface area contributed by atoms with Crippen molar-refractivity contribution in [2.24, 2.45) is 0 Å². The van der Waals surface area contributed by atoms with E-state index in [1.807, 2.05) is 47.0 Å². The normalized spacial score (nSPS) is 10.8. The molecule has 2 aromatic heterocycles. The number of carbonyl (C=O) groups is 1. The first-order valence-electron chi connectivity index (χ1n) is 10.8. The highest BCUT2D eigenvalue weighted by Crippen LogP contribution is 2.30. The molecule has 0 aliphatic carbocycles. The van der Waals surface area contributed by atoms with Crippen LogP contribution in [0.5, 0.6) is 11.8 Å². The third kappa shape index (κ3) is 4.05. The maximum absolute atomic E-state index is 12.8. The van der Waals surface area contributed by atoms with Crippen molar-refractivity contribution in [2.45, 2.75) is 13.5 Å². The van der Waals surface area contributed by atoms with E-state index in [1.165, 1.54) is 0 Å². The number of hydrogen-bond acceptors (Lipinski definition) is 6. The van der Waals surface area contributed by atoms with Gasteiger partial charge in [-0.2, -0.15) is 5.26 Å². The molecule has 0 aliphatic rings. The lowest BCUT2D eigenvalue weighted by Gasteiger charge is -2.14. The highest BCUT2D eigenvalue weighted by Gasteiger charge is 2.19. The molecule has 0 atom stereocenters. The first-order chi connectivity index (χ1) is 16.7. The fourth-order valence-corrected chi connectivity index (χ4v) is 4.03. The number of aromatic nitrogens is 3. The zero-order chi connectivity index (χ0) is 23.5. The first-order valence-corrected chi connectivity index (χ1v) is 10.8. The summed E-state index contributed by atoms with van der Waals surface area (Å²) in [6.07, 6.45) is 3.24. The number of benzene rings is 3. The van der Waals surface area contributed by atoms with Gasteiger partial charge in [0.15, 0.2) is 0 Å². The molecule has 5 aromatic rings. The van der Waals surface area contributed by atoms with Crippen LogP contribution in [0.15, 0.2) is 79.1 Å². The van der Waals surface area contributed by atoms with Gasteiger partial charge in [0.05, 0.1) is 23.8 Å². The lowest BCUT2D eigenvalue weighted by Crippen LogP contribution is -2.13. The standard InChI is InChI=1S/C27H20N4O3/c1-2-33-26(32)25-15-20-9-8-18(16-28)12-24(20)31(25)17-21-14-22(34-27-29-10-5-11-30-27)13-19-6-3-4-7-23(19)21/h3-15H,2,17H2,1H3. The van der Waals surface area contributed by atoms with Gasteiger partial charge in [-0.25, -0.2) is 14.8 Å². The van der Waals surface area contributed by atoms with Crippen LogP contribution in [0.3, 0.4) is 0 Å². The van der Waals surface area contributed by atoms with Gasteiger partial charge in [0.25, 0.3) is 0 Å². The predicted octanol–water partition coefficient (Wildman–Crippen LogP) is 5.47. The van der Waals surface area contributed by atoms with Crippen molar-refractivity contribution in [2.75, 3.05) is 6.61 Å². The molecule has 0 spiro atoms. The summed E-state index contributed by atoms with van der Waals surface area (Å²) >= 11 is 0. The zero-order valence-corrected chi connectivity index (χ0v) is 18.4. The van der Waals surface area contributed by atoms with Crippen LogP contribution in [0.4, 0.5) is 0 Å². The largest absolute Gasteiger partial charge is 0.461 e. The third-order valence-electron chi connectivity index (χ3n) is 5.52. The molecule has 0 N–H and O–H groups in total. The van der Waals surface area contributed by atoms with Crippen molar-refractivity contribution in [3.63, 3.8) is 0 Å². The molecule has 0 saturated carbocycles. The Morgan fingerprint density at radius 2 is 1.82 bits per heavy atom. The van der Waals surface area contributed by atoms with E-state index < -0.39 is 5.97 Å². The average Bonchev–Trinajstić information content (AvgIpc) is 3.22. The van der Waals surface area contributed by atoms with Crippen molar-refractivity contribution in [1.29, 1.82) is 5.26 Å². The molecule has 0 radical (unpaired) electrons. The molecule has 2 heterocycles. The molecule has 0 amide bonds. The predicted molar refractivity (Wildman–Crippen MR) is 128 cm³/mol. The molecule has 5 rings (SSSR count). The Morgan fingerprint density at radius 1 is 1.00 bits per heavy atom. The second kappa shape index (κ2) is 9.04. The summed E-state index contributed by atoms with van der Waals surface area (Å²) in [5.41, 5.74) is 2.66. The monoisotopic (exact) mass is 448 g/mol. The van der Waals surface area contributed by atoms with Crippen LogP contribution in [-0.2, 0) is 11.3 Å². The molecule has 0 aliphatic heterocycles. The van der Waals surface area contributed by atoms with Crippen LogP contribution >= 0.6 is 0 Å². The summed E-state index contributed by atoms with van der Waals surface area (Å²) in [5.74, 6) is 0.179. The Hall–Kier alpha value is -4.70. The smallest absolute Gasteiger partial charge is 0.354 e. The quantitative estimate of drug-likeness (QED) is 0.320. The van der Waals surface area contributed by atoms with Crippen molar-refractivity contribution >= 4 is 27.6 Å².